The average Bonchev–Trinajstić information content (AvgIpc) is 2.84. The zero-order chi connectivity index (χ0) is 15.2. The molecule has 2 aromatic rings. The predicted octanol–water partition coefficient (Wildman–Crippen LogP) is 1.54. The SMILES string of the molecule is Cn1nnnc1SCC(=O)Nc1ccccc1OC(F)F. The molecule has 112 valence electrons. The van der Waals surface area contributed by atoms with Crippen molar-refractivity contribution in [1.82, 2.24) is 20.2 Å². The molecule has 0 fully saturated rings. The molecule has 0 saturated heterocycles. The molecule has 21 heavy (non-hydrogen) atoms. The smallest absolute Gasteiger partial charge is 0.387 e. The van der Waals surface area contributed by atoms with Crippen LogP contribution in [0.3, 0.4) is 0 Å². The van der Waals surface area contributed by atoms with Gasteiger partial charge in [0.1, 0.15) is 5.75 Å². The van der Waals surface area contributed by atoms with E-state index in [1.165, 1.54) is 22.9 Å². The minimum absolute atomic E-state index is 0.0389. The molecule has 10 heteroatoms. The van der Waals surface area contributed by atoms with Crippen LogP contribution in [0.15, 0.2) is 29.4 Å². The molecule has 0 bridgehead atoms. The number of alkyl halides is 2. The molecule has 0 aliphatic carbocycles. The lowest BCUT2D eigenvalue weighted by atomic mass is 10.3. The van der Waals surface area contributed by atoms with Gasteiger partial charge >= 0.3 is 6.61 Å². The Balaban J connectivity index is 1.95. The second-order valence-electron chi connectivity index (χ2n) is 3.80. The van der Waals surface area contributed by atoms with Crippen molar-refractivity contribution in [3.05, 3.63) is 24.3 Å². The fourth-order valence-corrected chi connectivity index (χ4v) is 2.08. The number of aromatic nitrogens is 4. The van der Waals surface area contributed by atoms with Crippen LogP contribution in [-0.4, -0.2) is 38.5 Å². The number of anilines is 1. The summed E-state index contributed by atoms with van der Waals surface area (Å²) in [7, 11) is 1.64. The summed E-state index contributed by atoms with van der Waals surface area (Å²) in [4.78, 5) is 11.8. The molecular weight excluding hydrogens is 304 g/mol. The molecule has 0 aliphatic rings. The second-order valence-corrected chi connectivity index (χ2v) is 4.74. The average molecular weight is 315 g/mol. The molecule has 0 unspecified atom stereocenters. The Morgan fingerprint density at radius 3 is 2.90 bits per heavy atom. The predicted molar refractivity (Wildman–Crippen MR) is 71.2 cm³/mol. The highest BCUT2D eigenvalue weighted by atomic mass is 32.2. The highest BCUT2D eigenvalue weighted by Crippen LogP contribution is 2.25. The minimum Gasteiger partial charge on any atom is -0.433 e. The van der Waals surface area contributed by atoms with E-state index in [1.54, 1.807) is 13.1 Å². The fraction of sp³-hybridized carbons (Fsp3) is 0.273. The van der Waals surface area contributed by atoms with Gasteiger partial charge in [0.05, 0.1) is 11.4 Å². The molecule has 0 saturated carbocycles. The zero-order valence-corrected chi connectivity index (χ0v) is 11.7. The second kappa shape index (κ2) is 6.97. The molecule has 0 radical (unpaired) electrons. The van der Waals surface area contributed by atoms with E-state index in [2.05, 4.69) is 25.6 Å². The molecule has 1 heterocycles. The van der Waals surface area contributed by atoms with Crippen LogP contribution in [0.2, 0.25) is 0 Å². The number of thioether (sulfide) groups is 1. The maximum absolute atomic E-state index is 12.3. The van der Waals surface area contributed by atoms with Crippen LogP contribution in [0, 0.1) is 0 Å². The Bertz CT molecular complexity index is 622. The summed E-state index contributed by atoms with van der Waals surface area (Å²) in [5, 5.41) is 13.8. The topological polar surface area (TPSA) is 81.9 Å². The van der Waals surface area contributed by atoms with E-state index in [0.717, 1.165) is 11.8 Å². The lowest BCUT2D eigenvalue weighted by Gasteiger charge is -2.11. The number of amides is 1. The van der Waals surface area contributed by atoms with Crippen molar-refractivity contribution < 1.29 is 18.3 Å². The number of nitrogens with one attached hydrogen (secondary N) is 1. The molecule has 1 aromatic heterocycles. The lowest BCUT2D eigenvalue weighted by Crippen LogP contribution is -2.16. The van der Waals surface area contributed by atoms with Gasteiger partial charge in [0.2, 0.25) is 11.1 Å². The maximum atomic E-state index is 12.3. The summed E-state index contributed by atoms with van der Waals surface area (Å²) >= 11 is 1.13. The van der Waals surface area contributed by atoms with Crippen molar-refractivity contribution in [1.29, 1.82) is 0 Å². The van der Waals surface area contributed by atoms with Crippen molar-refractivity contribution in [3.63, 3.8) is 0 Å². The zero-order valence-electron chi connectivity index (χ0n) is 10.9. The number of aryl methyl sites for hydroxylation is 1. The summed E-state index contributed by atoms with van der Waals surface area (Å²) in [6.45, 7) is -2.96. The number of tetrazole rings is 1. The first-order valence-corrected chi connectivity index (χ1v) is 6.73. The van der Waals surface area contributed by atoms with E-state index in [0.29, 0.717) is 5.16 Å². The number of para-hydroxylation sites is 2. The first kappa shape index (κ1) is 15.2. The number of hydrogen-bond donors (Lipinski definition) is 1. The Morgan fingerprint density at radius 1 is 1.48 bits per heavy atom. The largest absolute Gasteiger partial charge is 0.433 e. The molecule has 1 aromatic carbocycles. The van der Waals surface area contributed by atoms with Gasteiger partial charge in [0.25, 0.3) is 0 Å². The molecule has 2 rings (SSSR count). The Hall–Kier alpha value is -2.23. The molecule has 0 aliphatic heterocycles. The van der Waals surface area contributed by atoms with Crippen LogP contribution in [-0.2, 0) is 11.8 Å². The summed E-state index contributed by atoms with van der Waals surface area (Å²) in [5.74, 6) is -0.434. The van der Waals surface area contributed by atoms with Crippen LogP contribution in [0.5, 0.6) is 5.75 Å². The van der Waals surface area contributed by atoms with E-state index in [1.807, 2.05) is 0 Å². The number of rotatable bonds is 6. The summed E-state index contributed by atoms with van der Waals surface area (Å²) in [6.07, 6.45) is 0. The summed E-state index contributed by atoms with van der Waals surface area (Å²) < 4.78 is 30.3. The van der Waals surface area contributed by atoms with Crippen LogP contribution < -0.4 is 10.1 Å². The standard InChI is InChI=1S/C11H11F2N5O2S/c1-18-11(15-16-17-18)21-6-9(19)14-7-4-2-3-5-8(7)20-10(12)13/h2-5,10H,6H2,1H3,(H,14,19). The number of carbonyl (C=O) groups is 1. The molecule has 7 nitrogen and oxygen atoms in total. The Morgan fingerprint density at radius 2 is 2.24 bits per heavy atom. The van der Waals surface area contributed by atoms with Gasteiger partial charge < -0.3 is 10.1 Å². The van der Waals surface area contributed by atoms with Crippen molar-refractivity contribution in [3.8, 4) is 5.75 Å². The third kappa shape index (κ3) is 4.38. The number of carbonyl (C=O) groups excluding carboxylic acids is 1. The fourth-order valence-electron chi connectivity index (χ4n) is 1.43. The number of halogens is 2. The Labute approximate surface area is 122 Å². The van der Waals surface area contributed by atoms with Crippen LogP contribution in [0.25, 0.3) is 0 Å². The summed E-state index contributed by atoms with van der Waals surface area (Å²) in [6, 6.07) is 5.96. The van der Waals surface area contributed by atoms with E-state index in [-0.39, 0.29) is 23.1 Å². The maximum Gasteiger partial charge on any atom is 0.387 e. The molecular formula is C11H11F2N5O2S. The lowest BCUT2D eigenvalue weighted by molar-refractivity contribution is -0.113. The number of nitrogens with zero attached hydrogens (tertiary/aromatic N) is 4. The number of benzene rings is 1. The van der Waals surface area contributed by atoms with Gasteiger partial charge in [-0.15, -0.1) is 5.10 Å². The van der Waals surface area contributed by atoms with Gasteiger partial charge in [-0.25, -0.2) is 4.68 Å². The van der Waals surface area contributed by atoms with Gasteiger partial charge in [0.15, 0.2) is 0 Å². The quantitative estimate of drug-likeness (QED) is 0.814. The third-order valence-electron chi connectivity index (χ3n) is 2.29. The Kier molecular flexibility index (Phi) is 5.04. The van der Waals surface area contributed by atoms with Crippen molar-refractivity contribution in [2.24, 2.45) is 7.05 Å². The molecule has 1 N–H and O–H groups in total. The van der Waals surface area contributed by atoms with Crippen molar-refractivity contribution in [2.75, 3.05) is 11.1 Å². The van der Waals surface area contributed by atoms with Crippen LogP contribution >= 0.6 is 11.8 Å². The number of hydrogen-bond acceptors (Lipinski definition) is 6. The first-order valence-electron chi connectivity index (χ1n) is 5.75. The van der Waals surface area contributed by atoms with Gasteiger partial charge in [-0.1, -0.05) is 23.9 Å². The first-order chi connectivity index (χ1) is 10.1. The van der Waals surface area contributed by atoms with Crippen molar-refractivity contribution in [2.45, 2.75) is 11.8 Å². The minimum atomic E-state index is -2.96. The monoisotopic (exact) mass is 315 g/mol. The van der Waals surface area contributed by atoms with E-state index in [9.17, 15) is 13.6 Å². The molecule has 0 atom stereocenters. The van der Waals surface area contributed by atoms with Gasteiger partial charge in [0, 0.05) is 7.05 Å². The van der Waals surface area contributed by atoms with E-state index >= 15 is 0 Å². The van der Waals surface area contributed by atoms with E-state index < -0.39 is 6.61 Å². The van der Waals surface area contributed by atoms with Gasteiger partial charge in [-0.2, -0.15) is 8.78 Å². The third-order valence-corrected chi connectivity index (χ3v) is 3.30. The van der Waals surface area contributed by atoms with Crippen LogP contribution in [0.4, 0.5) is 14.5 Å². The highest BCUT2D eigenvalue weighted by molar-refractivity contribution is 7.99. The van der Waals surface area contributed by atoms with Crippen LogP contribution in [0.1, 0.15) is 0 Å². The van der Waals surface area contributed by atoms with Gasteiger partial charge in [-0.3, -0.25) is 4.79 Å². The summed E-state index contributed by atoms with van der Waals surface area (Å²) in [5.41, 5.74) is 0.180. The molecule has 1 amide bonds. The highest BCUT2D eigenvalue weighted by Gasteiger charge is 2.12. The van der Waals surface area contributed by atoms with Crippen molar-refractivity contribution >= 4 is 23.4 Å². The van der Waals surface area contributed by atoms with Gasteiger partial charge in [-0.05, 0) is 22.6 Å². The van der Waals surface area contributed by atoms with E-state index in [4.69, 9.17) is 0 Å². The molecule has 0 spiro atoms. The normalized spacial score (nSPS) is 10.7. The number of ether oxygens (including phenoxy) is 1.